The molecule has 0 aromatic heterocycles. The van der Waals surface area contributed by atoms with Gasteiger partial charge >= 0.3 is 0 Å². The van der Waals surface area contributed by atoms with Crippen LogP contribution in [0.4, 0.5) is 0 Å². The summed E-state index contributed by atoms with van der Waals surface area (Å²) in [7, 11) is 0. The molecular weight excluding hydrogens is 262 g/mol. The van der Waals surface area contributed by atoms with Crippen LogP contribution >= 0.6 is 0 Å². The number of carbonyl (C=O) groups is 1. The first-order chi connectivity index (χ1) is 10.3. The standard InChI is InChI=1S/C17H25N3O/c21-17(19-16-6-8-18-9-7-16)15-5-3-4-14(12-15)13-20-10-1-2-11-20/h3-5,12,16,18H,1-2,6-11,13H2,(H,19,21). The summed E-state index contributed by atoms with van der Waals surface area (Å²) in [6.45, 7) is 5.34. The van der Waals surface area contributed by atoms with Gasteiger partial charge in [0, 0.05) is 18.2 Å². The zero-order valence-electron chi connectivity index (χ0n) is 12.6. The fraction of sp³-hybridized carbons (Fsp3) is 0.588. The number of amides is 1. The van der Waals surface area contributed by atoms with Gasteiger partial charge in [0.2, 0.25) is 0 Å². The Morgan fingerprint density at radius 2 is 2.00 bits per heavy atom. The maximum absolute atomic E-state index is 12.4. The van der Waals surface area contributed by atoms with Crippen molar-refractivity contribution in [3.8, 4) is 0 Å². The molecule has 0 aliphatic carbocycles. The summed E-state index contributed by atoms with van der Waals surface area (Å²) in [5, 5.41) is 6.48. The molecule has 1 aromatic rings. The van der Waals surface area contributed by atoms with Gasteiger partial charge in [0.05, 0.1) is 0 Å². The predicted octanol–water partition coefficient (Wildman–Crippen LogP) is 1.76. The Balaban J connectivity index is 1.59. The molecule has 4 heteroatoms. The molecular formula is C17H25N3O. The number of rotatable bonds is 4. The molecule has 0 unspecified atom stereocenters. The maximum Gasteiger partial charge on any atom is 0.251 e. The second-order valence-electron chi connectivity index (χ2n) is 6.18. The summed E-state index contributed by atoms with van der Waals surface area (Å²) in [5.41, 5.74) is 2.04. The Labute approximate surface area is 126 Å². The van der Waals surface area contributed by atoms with Gasteiger partial charge in [-0.1, -0.05) is 12.1 Å². The minimum Gasteiger partial charge on any atom is -0.349 e. The molecule has 2 N–H and O–H groups in total. The highest BCUT2D eigenvalue weighted by Gasteiger charge is 2.17. The molecule has 0 atom stereocenters. The van der Waals surface area contributed by atoms with Crippen LogP contribution in [0, 0.1) is 0 Å². The van der Waals surface area contributed by atoms with Crippen molar-refractivity contribution in [2.45, 2.75) is 38.3 Å². The van der Waals surface area contributed by atoms with E-state index in [1.165, 1.54) is 31.5 Å². The molecule has 4 nitrogen and oxygen atoms in total. The Hall–Kier alpha value is -1.39. The van der Waals surface area contributed by atoms with E-state index in [9.17, 15) is 4.79 Å². The SMILES string of the molecule is O=C(NC1CCNCC1)c1cccc(CN2CCCC2)c1. The van der Waals surface area contributed by atoms with E-state index in [0.29, 0.717) is 6.04 Å². The average Bonchev–Trinajstić information content (AvgIpc) is 3.01. The molecule has 2 aliphatic heterocycles. The number of hydrogen-bond acceptors (Lipinski definition) is 3. The third-order valence-corrected chi connectivity index (χ3v) is 4.47. The normalized spacial score (nSPS) is 20.6. The molecule has 3 rings (SSSR count). The van der Waals surface area contributed by atoms with E-state index >= 15 is 0 Å². The first-order valence-corrected chi connectivity index (χ1v) is 8.14. The zero-order chi connectivity index (χ0) is 14.5. The lowest BCUT2D eigenvalue weighted by Gasteiger charge is -2.23. The van der Waals surface area contributed by atoms with Gasteiger partial charge in [-0.15, -0.1) is 0 Å². The highest BCUT2D eigenvalue weighted by molar-refractivity contribution is 5.94. The van der Waals surface area contributed by atoms with Crippen LogP contribution in [0.1, 0.15) is 41.6 Å². The number of piperidine rings is 1. The van der Waals surface area contributed by atoms with E-state index in [0.717, 1.165) is 38.0 Å². The second-order valence-corrected chi connectivity index (χ2v) is 6.18. The van der Waals surface area contributed by atoms with Gasteiger partial charge in [0.25, 0.3) is 5.91 Å². The molecule has 0 radical (unpaired) electrons. The highest BCUT2D eigenvalue weighted by atomic mass is 16.1. The molecule has 1 aromatic carbocycles. The van der Waals surface area contributed by atoms with Crippen LogP contribution in [0.3, 0.4) is 0 Å². The first kappa shape index (κ1) is 14.5. The summed E-state index contributed by atoms with van der Waals surface area (Å²) in [6, 6.07) is 8.42. The minimum atomic E-state index is 0.0742. The molecule has 1 amide bonds. The summed E-state index contributed by atoms with van der Waals surface area (Å²) in [6.07, 6.45) is 4.66. The van der Waals surface area contributed by atoms with Crippen molar-refractivity contribution < 1.29 is 4.79 Å². The Bertz CT molecular complexity index is 477. The first-order valence-electron chi connectivity index (χ1n) is 8.14. The van der Waals surface area contributed by atoms with Crippen molar-refractivity contribution in [1.29, 1.82) is 0 Å². The number of carbonyl (C=O) groups excluding carboxylic acids is 1. The topological polar surface area (TPSA) is 44.4 Å². The van der Waals surface area contributed by atoms with Crippen LogP contribution in [0.5, 0.6) is 0 Å². The van der Waals surface area contributed by atoms with E-state index in [2.05, 4.69) is 27.7 Å². The zero-order valence-corrected chi connectivity index (χ0v) is 12.6. The summed E-state index contributed by atoms with van der Waals surface area (Å²) < 4.78 is 0. The van der Waals surface area contributed by atoms with Gasteiger partial charge < -0.3 is 10.6 Å². The van der Waals surface area contributed by atoms with Crippen LogP contribution in [0.15, 0.2) is 24.3 Å². The Morgan fingerprint density at radius 3 is 2.76 bits per heavy atom. The van der Waals surface area contributed by atoms with Gasteiger partial charge in [-0.2, -0.15) is 0 Å². The number of nitrogens with zero attached hydrogens (tertiary/aromatic N) is 1. The van der Waals surface area contributed by atoms with Crippen LogP contribution in [-0.2, 0) is 6.54 Å². The number of nitrogens with one attached hydrogen (secondary N) is 2. The molecule has 2 aliphatic rings. The van der Waals surface area contributed by atoms with Gasteiger partial charge in [0.1, 0.15) is 0 Å². The molecule has 114 valence electrons. The number of hydrogen-bond donors (Lipinski definition) is 2. The maximum atomic E-state index is 12.4. The third kappa shape index (κ3) is 4.05. The third-order valence-electron chi connectivity index (χ3n) is 4.47. The molecule has 21 heavy (non-hydrogen) atoms. The van der Waals surface area contributed by atoms with Gasteiger partial charge in [-0.3, -0.25) is 9.69 Å². The fourth-order valence-electron chi connectivity index (χ4n) is 3.24. The molecule has 2 saturated heterocycles. The lowest BCUT2D eigenvalue weighted by atomic mass is 10.1. The summed E-state index contributed by atoms with van der Waals surface area (Å²) in [4.78, 5) is 14.8. The summed E-state index contributed by atoms with van der Waals surface area (Å²) in [5.74, 6) is 0.0742. The quantitative estimate of drug-likeness (QED) is 0.887. The molecule has 0 bridgehead atoms. The van der Waals surface area contributed by atoms with Crippen LogP contribution in [-0.4, -0.2) is 43.0 Å². The molecule has 2 heterocycles. The van der Waals surface area contributed by atoms with E-state index in [1.807, 2.05) is 12.1 Å². The van der Waals surface area contributed by atoms with Crippen molar-refractivity contribution >= 4 is 5.91 Å². The average molecular weight is 287 g/mol. The lowest BCUT2D eigenvalue weighted by molar-refractivity contribution is 0.0929. The minimum absolute atomic E-state index is 0.0742. The van der Waals surface area contributed by atoms with E-state index < -0.39 is 0 Å². The lowest BCUT2D eigenvalue weighted by Crippen LogP contribution is -2.42. The van der Waals surface area contributed by atoms with E-state index in [-0.39, 0.29) is 5.91 Å². The summed E-state index contributed by atoms with van der Waals surface area (Å²) >= 11 is 0. The van der Waals surface area contributed by atoms with E-state index in [4.69, 9.17) is 0 Å². The van der Waals surface area contributed by atoms with Crippen molar-refractivity contribution in [3.05, 3.63) is 35.4 Å². The van der Waals surface area contributed by atoms with Gasteiger partial charge in [-0.05, 0) is 69.6 Å². The van der Waals surface area contributed by atoms with Crippen molar-refractivity contribution in [2.24, 2.45) is 0 Å². The second kappa shape index (κ2) is 7.05. The van der Waals surface area contributed by atoms with E-state index in [1.54, 1.807) is 0 Å². The fourth-order valence-corrected chi connectivity index (χ4v) is 3.24. The van der Waals surface area contributed by atoms with Crippen molar-refractivity contribution in [2.75, 3.05) is 26.2 Å². The largest absolute Gasteiger partial charge is 0.349 e. The van der Waals surface area contributed by atoms with Crippen molar-refractivity contribution in [3.63, 3.8) is 0 Å². The van der Waals surface area contributed by atoms with Crippen LogP contribution in [0.2, 0.25) is 0 Å². The van der Waals surface area contributed by atoms with Crippen molar-refractivity contribution in [1.82, 2.24) is 15.5 Å². The molecule has 2 fully saturated rings. The van der Waals surface area contributed by atoms with Crippen LogP contribution < -0.4 is 10.6 Å². The molecule has 0 saturated carbocycles. The Kier molecular flexibility index (Phi) is 4.88. The molecule has 0 spiro atoms. The number of benzene rings is 1. The predicted molar refractivity (Wildman–Crippen MR) is 84.3 cm³/mol. The highest BCUT2D eigenvalue weighted by Crippen LogP contribution is 2.14. The Morgan fingerprint density at radius 1 is 1.24 bits per heavy atom. The van der Waals surface area contributed by atoms with Gasteiger partial charge in [0.15, 0.2) is 0 Å². The number of likely N-dealkylation sites (tertiary alicyclic amines) is 1. The van der Waals surface area contributed by atoms with Gasteiger partial charge in [-0.25, -0.2) is 0 Å². The smallest absolute Gasteiger partial charge is 0.251 e. The monoisotopic (exact) mass is 287 g/mol. The van der Waals surface area contributed by atoms with Crippen LogP contribution in [0.25, 0.3) is 0 Å².